The summed E-state index contributed by atoms with van der Waals surface area (Å²) in [5.74, 6) is 5.18. The van der Waals surface area contributed by atoms with Gasteiger partial charge in [0, 0.05) is 25.2 Å². The Morgan fingerprint density at radius 2 is 2.05 bits per heavy atom. The minimum absolute atomic E-state index is 0.0238. The van der Waals surface area contributed by atoms with Crippen molar-refractivity contribution in [2.45, 2.75) is 6.92 Å². The van der Waals surface area contributed by atoms with Crippen LogP contribution in [0.3, 0.4) is 0 Å². The Bertz CT molecular complexity index is 568. The molecule has 0 aromatic heterocycles. The number of carbonyl (C=O) groups excluding carboxylic acids is 2. The minimum Gasteiger partial charge on any atom is -0.347 e. The van der Waals surface area contributed by atoms with Crippen LogP contribution in [-0.2, 0) is 4.79 Å². The van der Waals surface area contributed by atoms with E-state index in [-0.39, 0.29) is 24.9 Å². The highest BCUT2D eigenvalue weighted by atomic mass is 16.2. The largest absolute Gasteiger partial charge is 0.347 e. The maximum absolute atomic E-state index is 12.1. The van der Waals surface area contributed by atoms with Gasteiger partial charge in [-0.2, -0.15) is 0 Å². The Morgan fingerprint density at radius 3 is 2.65 bits per heavy atom. The average molecular weight is 273 g/mol. The molecule has 0 spiro atoms. The third-order valence-electron chi connectivity index (χ3n) is 2.72. The Balaban J connectivity index is 2.84. The molecule has 1 aromatic carbocycles. The average Bonchev–Trinajstić information content (AvgIpc) is 2.43. The highest BCUT2D eigenvalue weighted by Gasteiger charge is 2.11. The lowest BCUT2D eigenvalue weighted by atomic mass is 10.0. The molecule has 5 heteroatoms. The van der Waals surface area contributed by atoms with Crippen LogP contribution in [0.4, 0.5) is 0 Å². The van der Waals surface area contributed by atoms with Gasteiger partial charge in [0.25, 0.3) is 5.91 Å². The van der Waals surface area contributed by atoms with Crippen molar-refractivity contribution in [3.05, 3.63) is 34.9 Å². The summed E-state index contributed by atoms with van der Waals surface area (Å²) in [5, 5.41) is 2.60. The number of carbonyl (C=O) groups is 2. The summed E-state index contributed by atoms with van der Waals surface area (Å²) in [6.07, 6.45) is 0. The van der Waals surface area contributed by atoms with E-state index in [1.165, 1.54) is 4.90 Å². The quantitative estimate of drug-likeness (QED) is 0.768. The van der Waals surface area contributed by atoms with Crippen molar-refractivity contribution in [3.63, 3.8) is 0 Å². The number of aryl methyl sites for hydroxylation is 1. The van der Waals surface area contributed by atoms with E-state index in [2.05, 4.69) is 17.2 Å². The summed E-state index contributed by atoms with van der Waals surface area (Å²) in [6, 6.07) is 5.36. The summed E-state index contributed by atoms with van der Waals surface area (Å²) < 4.78 is 0. The van der Waals surface area contributed by atoms with Gasteiger partial charge in [-0.3, -0.25) is 9.59 Å². The predicted molar refractivity (Wildman–Crippen MR) is 78.1 cm³/mol. The fourth-order valence-electron chi connectivity index (χ4n) is 1.51. The fourth-order valence-corrected chi connectivity index (χ4v) is 1.51. The number of nitrogens with two attached hydrogens (primary N) is 1. The van der Waals surface area contributed by atoms with Gasteiger partial charge >= 0.3 is 0 Å². The summed E-state index contributed by atoms with van der Waals surface area (Å²) in [5.41, 5.74) is 7.39. The van der Waals surface area contributed by atoms with Crippen LogP contribution in [0.1, 0.15) is 21.5 Å². The zero-order valence-corrected chi connectivity index (χ0v) is 12.0. The number of benzene rings is 1. The molecule has 0 unspecified atom stereocenters. The first-order valence-corrected chi connectivity index (χ1v) is 6.23. The Morgan fingerprint density at radius 1 is 1.35 bits per heavy atom. The normalized spacial score (nSPS) is 9.40. The molecule has 0 aliphatic rings. The SMILES string of the molecule is Cc1ccc(C#CCN)cc1C(=O)NCC(=O)N(C)C. The van der Waals surface area contributed by atoms with Gasteiger partial charge in [-0.05, 0) is 24.6 Å². The van der Waals surface area contributed by atoms with Gasteiger partial charge in [0.1, 0.15) is 0 Å². The number of amides is 2. The van der Waals surface area contributed by atoms with Crippen molar-refractivity contribution in [2.24, 2.45) is 5.73 Å². The number of hydrogen-bond donors (Lipinski definition) is 2. The standard InChI is InChI=1S/C15H19N3O2/c1-11-6-7-12(5-4-8-16)9-13(11)15(20)17-10-14(19)18(2)3/h6-7,9H,8,10,16H2,1-3H3,(H,17,20). The maximum Gasteiger partial charge on any atom is 0.252 e. The van der Waals surface area contributed by atoms with E-state index >= 15 is 0 Å². The van der Waals surface area contributed by atoms with Gasteiger partial charge in [-0.1, -0.05) is 17.9 Å². The van der Waals surface area contributed by atoms with Gasteiger partial charge in [0.15, 0.2) is 0 Å². The Hall–Kier alpha value is -2.32. The van der Waals surface area contributed by atoms with Gasteiger partial charge in [-0.15, -0.1) is 0 Å². The third-order valence-corrected chi connectivity index (χ3v) is 2.72. The molecule has 2 amide bonds. The molecule has 5 nitrogen and oxygen atoms in total. The highest BCUT2D eigenvalue weighted by molar-refractivity contribution is 5.97. The monoisotopic (exact) mass is 273 g/mol. The van der Waals surface area contributed by atoms with E-state index in [0.29, 0.717) is 5.56 Å². The van der Waals surface area contributed by atoms with Crippen molar-refractivity contribution < 1.29 is 9.59 Å². The second kappa shape index (κ2) is 7.31. The van der Waals surface area contributed by atoms with E-state index < -0.39 is 0 Å². The maximum atomic E-state index is 12.1. The van der Waals surface area contributed by atoms with Gasteiger partial charge < -0.3 is 16.0 Å². The molecule has 1 rings (SSSR count). The van der Waals surface area contributed by atoms with Gasteiger partial charge in [0.2, 0.25) is 5.91 Å². The summed E-state index contributed by atoms with van der Waals surface area (Å²) in [6.45, 7) is 2.08. The number of likely N-dealkylation sites (N-methyl/N-ethyl adjacent to an activating group) is 1. The lowest BCUT2D eigenvalue weighted by Crippen LogP contribution is -2.36. The predicted octanol–water partition coefficient (Wildman–Crippen LogP) is 0.123. The number of hydrogen-bond acceptors (Lipinski definition) is 3. The highest BCUT2D eigenvalue weighted by Crippen LogP contribution is 2.10. The topological polar surface area (TPSA) is 75.4 Å². The smallest absolute Gasteiger partial charge is 0.252 e. The minimum atomic E-state index is -0.283. The van der Waals surface area contributed by atoms with Crippen molar-refractivity contribution in [2.75, 3.05) is 27.2 Å². The van der Waals surface area contributed by atoms with E-state index in [4.69, 9.17) is 5.73 Å². The van der Waals surface area contributed by atoms with Crippen molar-refractivity contribution in [1.82, 2.24) is 10.2 Å². The fraction of sp³-hybridized carbons (Fsp3) is 0.333. The Kier molecular flexibility index (Phi) is 5.75. The lowest BCUT2D eigenvalue weighted by molar-refractivity contribution is -0.127. The van der Waals surface area contributed by atoms with Crippen LogP contribution in [0, 0.1) is 18.8 Å². The van der Waals surface area contributed by atoms with Crippen LogP contribution in [0.5, 0.6) is 0 Å². The van der Waals surface area contributed by atoms with E-state index in [0.717, 1.165) is 11.1 Å². The third kappa shape index (κ3) is 4.41. The van der Waals surface area contributed by atoms with Gasteiger partial charge in [-0.25, -0.2) is 0 Å². The van der Waals surface area contributed by atoms with Crippen LogP contribution in [-0.4, -0.2) is 43.9 Å². The second-order valence-corrected chi connectivity index (χ2v) is 4.51. The molecule has 0 heterocycles. The van der Waals surface area contributed by atoms with Crippen molar-refractivity contribution in [1.29, 1.82) is 0 Å². The van der Waals surface area contributed by atoms with Crippen LogP contribution in [0.25, 0.3) is 0 Å². The van der Waals surface area contributed by atoms with Crippen LogP contribution in [0.15, 0.2) is 18.2 Å². The number of nitrogens with one attached hydrogen (secondary N) is 1. The van der Waals surface area contributed by atoms with Crippen LogP contribution >= 0.6 is 0 Å². The molecule has 0 radical (unpaired) electrons. The Labute approximate surface area is 119 Å². The van der Waals surface area contributed by atoms with Gasteiger partial charge in [0.05, 0.1) is 13.1 Å². The van der Waals surface area contributed by atoms with Crippen molar-refractivity contribution in [3.8, 4) is 11.8 Å². The first kappa shape index (κ1) is 15.7. The summed E-state index contributed by atoms with van der Waals surface area (Å²) >= 11 is 0. The van der Waals surface area contributed by atoms with Crippen LogP contribution in [0.2, 0.25) is 0 Å². The molecule has 0 bridgehead atoms. The molecular formula is C15H19N3O2. The van der Waals surface area contributed by atoms with E-state index in [1.54, 1.807) is 20.2 Å². The molecule has 3 N–H and O–H groups in total. The first-order valence-electron chi connectivity index (χ1n) is 6.23. The molecular weight excluding hydrogens is 254 g/mol. The molecule has 0 saturated heterocycles. The first-order chi connectivity index (χ1) is 9.45. The van der Waals surface area contributed by atoms with Crippen LogP contribution < -0.4 is 11.1 Å². The molecule has 0 aliphatic heterocycles. The molecule has 0 fully saturated rings. The zero-order valence-electron chi connectivity index (χ0n) is 12.0. The molecule has 1 aromatic rings. The summed E-state index contributed by atoms with van der Waals surface area (Å²) in [4.78, 5) is 24.9. The summed E-state index contributed by atoms with van der Waals surface area (Å²) in [7, 11) is 3.28. The molecule has 0 saturated carbocycles. The molecule has 20 heavy (non-hydrogen) atoms. The molecule has 0 aliphatic carbocycles. The second-order valence-electron chi connectivity index (χ2n) is 4.51. The van der Waals surface area contributed by atoms with Crippen molar-refractivity contribution >= 4 is 11.8 Å². The molecule has 106 valence electrons. The van der Waals surface area contributed by atoms with E-state index in [9.17, 15) is 9.59 Å². The number of nitrogens with zero attached hydrogens (tertiary/aromatic N) is 1. The lowest BCUT2D eigenvalue weighted by Gasteiger charge is -2.12. The molecule has 0 atom stereocenters. The van der Waals surface area contributed by atoms with E-state index in [1.807, 2.05) is 19.1 Å². The zero-order chi connectivity index (χ0) is 15.1. The number of rotatable bonds is 3.